The Morgan fingerprint density at radius 2 is 1.80 bits per heavy atom. The number of aromatic nitrogens is 2. The molecular weight excluding hydrogens is 526 g/mol. The molecule has 5 rings (SSSR count). The molecule has 9 heteroatoms. The van der Waals surface area contributed by atoms with E-state index in [4.69, 9.17) is 4.74 Å². The number of rotatable bonds is 6. The van der Waals surface area contributed by atoms with E-state index in [2.05, 4.69) is 4.99 Å². The van der Waals surface area contributed by atoms with E-state index >= 15 is 0 Å². The molecule has 1 N–H and O–H groups in total. The van der Waals surface area contributed by atoms with E-state index in [0.29, 0.717) is 20.6 Å². The fourth-order valence-electron chi connectivity index (χ4n) is 5.11. The number of aromatic carboxylic acids is 1. The molecule has 2 aromatic heterocycles. The maximum Gasteiger partial charge on any atom is 0.338 e. The topological polar surface area (TPSA) is 103 Å². The first kappa shape index (κ1) is 27.1. The van der Waals surface area contributed by atoms with Gasteiger partial charge in [0.1, 0.15) is 0 Å². The second-order valence-corrected chi connectivity index (χ2v) is 10.7. The molecule has 1 aliphatic rings. The fraction of sp³-hybridized carbons (Fsp3) is 0.226. The predicted octanol–water partition coefficient (Wildman–Crippen LogP) is 4.21. The summed E-state index contributed by atoms with van der Waals surface area (Å²) in [4.78, 5) is 43.7. The van der Waals surface area contributed by atoms with Crippen molar-refractivity contribution in [2.24, 2.45) is 4.99 Å². The Labute approximate surface area is 234 Å². The lowest BCUT2D eigenvalue weighted by Crippen LogP contribution is -2.39. The number of benzene rings is 2. The Balaban J connectivity index is 1.68. The van der Waals surface area contributed by atoms with Crippen LogP contribution in [0.15, 0.2) is 75.7 Å². The van der Waals surface area contributed by atoms with Crippen LogP contribution in [-0.4, -0.2) is 32.8 Å². The van der Waals surface area contributed by atoms with Gasteiger partial charge in [0, 0.05) is 17.1 Å². The number of aryl methyl sites for hydroxylation is 2. The minimum absolute atomic E-state index is 0.198. The van der Waals surface area contributed by atoms with Gasteiger partial charge in [-0.1, -0.05) is 47.2 Å². The SMILES string of the molecule is CCOC(=O)C1=C(C)N=c2s/c(=C/c3cc(C)n(-c4cccc(C(=O)O)c4)c3C)c(=O)n2[C@@H]1c1ccc(C)cc1. The van der Waals surface area contributed by atoms with Crippen LogP contribution >= 0.6 is 11.3 Å². The number of carbonyl (C=O) groups is 2. The van der Waals surface area contributed by atoms with E-state index in [-0.39, 0.29) is 17.7 Å². The highest BCUT2D eigenvalue weighted by atomic mass is 32.1. The van der Waals surface area contributed by atoms with E-state index in [1.807, 2.05) is 67.8 Å². The van der Waals surface area contributed by atoms with Crippen molar-refractivity contribution < 1.29 is 19.4 Å². The van der Waals surface area contributed by atoms with Gasteiger partial charge in [-0.15, -0.1) is 0 Å². The molecule has 0 aliphatic carbocycles. The van der Waals surface area contributed by atoms with Gasteiger partial charge in [0.05, 0.1) is 34.0 Å². The van der Waals surface area contributed by atoms with Gasteiger partial charge in [0.25, 0.3) is 5.56 Å². The van der Waals surface area contributed by atoms with Crippen LogP contribution in [0.4, 0.5) is 0 Å². The molecule has 1 aliphatic heterocycles. The molecule has 0 unspecified atom stereocenters. The van der Waals surface area contributed by atoms with Crippen LogP contribution in [0.5, 0.6) is 0 Å². The Morgan fingerprint density at radius 3 is 2.48 bits per heavy atom. The van der Waals surface area contributed by atoms with Crippen molar-refractivity contribution >= 4 is 29.4 Å². The Morgan fingerprint density at radius 1 is 1.07 bits per heavy atom. The zero-order valence-electron chi connectivity index (χ0n) is 22.9. The minimum Gasteiger partial charge on any atom is -0.478 e. The lowest BCUT2D eigenvalue weighted by molar-refractivity contribution is -0.139. The van der Waals surface area contributed by atoms with Crippen molar-refractivity contribution in [1.82, 2.24) is 9.13 Å². The van der Waals surface area contributed by atoms with Crippen molar-refractivity contribution in [1.29, 1.82) is 0 Å². The first-order valence-corrected chi connectivity index (χ1v) is 13.7. The predicted molar refractivity (Wildman–Crippen MR) is 154 cm³/mol. The molecule has 0 saturated heterocycles. The van der Waals surface area contributed by atoms with Gasteiger partial charge in [-0.2, -0.15) is 0 Å². The van der Waals surface area contributed by atoms with Crippen LogP contribution in [-0.2, 0) is 9.53 Å². The standard InChI is InChI=1S/C31H29N3O5S/c1-6-39-30(38)26-19(4)32-31-34(27(26)21-12-10-17(2)11-13-21)28(35)25(40-31)16-23-14-18(3)33(20(23)5)24-9-7-8-22(15-24)29(36)37/h7-16,27H,6H2,1-5H3,(H,36,37)/b25-16+/t27-/m1/s1. The number of nitrogens with zero attached hydrogens (tertiary/aromatic N) is 3. The number of carbonyl (C=O) groups excluding carboxylic acids is 1. The third-order valence-electron chi connectivity index (χ3n) is 7.02. The van der Waals surface area contributed by atoms with Crippen LogP contribution in [0.25, 0.3) is 11.8 Å². The van der Waals surface area contributed by atoms with Gasteiger partial charge in [0.15, 0.2) is 4.80 Å². The van der Waals surface area contributed by atoms with Crippen LogP contribution in [0, 0.1) is 20.8 Å². The summed E-state index contributed by atoms with van der Waals surface area (Å²) < 4.78 is 9.39. The van der Waals surface area contributed by atoms with Crippen LogP contribution in [0.3, 0.4) is 0 Å². The summed E-state index contributed by atoms with van der Waals surface area (Å²) in [5, 5.41) is 9.43. The number of allylic oxidation sites excluding steroid dienone is 1. The fourth-order valence-corrected chi connectivity index (χ4v) is 6.14. The summed E-state index contributed by atoms with van der Waals surface area (Å²) in [6, 6.07) is 15.8. The lowest BCUT2D eigenvalue weighted by atomic mass is 9.95. The highest BCUT2D eigenvalue weighted by Gasteiger charge is 2.33. The average molecular weight is 556 g/mol. The number of hydrogen-bond acceptors (Lipinski definition) is 6. The molecule has 40 heavy (non-hydrogen) atoms. The number of thiazole rings is 1. The van der Waals surface area contributed by atoms with E-state index in [9.17, 15) is 19.5 Å². The van der Waals surface area contributed by atoms with Gasteiger partial charge in [0.2, 0.25) is 0 Å². The summed E-state index contributed by atoms with van der Waals surface area (Å²) >= 11 is 1.27. The van der Waals surface area contributed by atoms with E-state index < -0.39 is 18.0 Å². The molecule has 2 aromatic carbocycles. The maximum absolute atomic E-state index is 13.9. The largest absolute Gasteiger partial charge is 0.478 e. The Hall–Kier alpha value is -4.50. The van der Waals surface area contributed by atoms with Crippen molar-refractivity contribution in [3.8, 4) is 5.69 Å². The normalized spacial score (nSPS) is 15.1. The molecule has 8 nitrogen and oxygen atoms in total. The number of esters is 1. The van der Waals surface area contributed by atoms with E-state index in [1.165, 1.54) is 11.3 Å². The third kappa shape index (κ3) is 4.73. The van der Waals surface area contributed by atoms with E-state index in [1.54, 1.807) is 36.6 Å². The third-order valence-corrected chi connectivity index (χ3v) is 8.00. The summed E-state index contributed by atoms with van der Waals surface area (Å²) in [5.41, 5.74) is 6.01. The maximum atomic E-state index is 13.9. The molecule has 3 heterocycles. The number of carboxylic acid groups (broad SMARTS) is 1. The minimum atomic E-state index is -0.994. The molecule has 4 aromatic rings. The average Bonchev–Trinajstić information content (AvgIpc) is 3.37. The van der Waals surface area contributed by atoms with Gasteiger partial charge in [-0.25, -0.2) is 14.6 Å². The molecule has 0 amide bonds. The summed E-state index contributed by atoms with van der Waals surface area (Å²) in [6.45, 7) is 9.58. The molecule has 0 bridgehead atoms. The second-order valence-electron chi connectivity index (χ2n) is 9.73. The number of hydrogen-bond donors (Lipinski definition) is 1. The second kappa shape index (κ2) is 10.6. The molecule has 204 valence electrons. The van der Waals surface area contributed by atoms with Crippen LogP contribution in [0.1, 0.15) is 58.3 Å². The molecule has 1 atom stereocenters. The van der Waals surface area contributed by atoms with Crippen molar-refractivity contribution in [2.45, 2.75) is 40.7 Å². The van der Waals surface area contributed by atoms with Crippen molar-refractivity contribution in [2.75, 3.05) is 6.61 Å². The molecule has 0 saturated carbocycles. The first-order chi connectivity index (χ1) is 19.1. The Kier molecular flexibility index (Phi) is 7.16. The van der Waals surface area contributed by atoms with Crippen LogP contribution < -0.4 is 14.9 Å². The molecule has 0 spiro atoms. The van der Waals surface area contributed by atoms with Crippen LogP contribution in [0.2, 0.25) is 0 Å². The smallest absolute Gasteiger partial charge is 0.338 e. The molecule has 0 fully saturated rings. The van der Waals surface area contributed by atoms with Gasteiger partial charge >= 0.3 is 11.9 Å². The highest BCUT2D eigenvalue weighted by molar-refractivity contribution is 7.07. The van der Waals surface area contributed by atoms with Gasteiger partial charge in [-0.05, 0) is 76.1 Å². The highest BCUT2D eigenvalue weighted by Crippen LogP contribution is 2.31. The quantitative estimate of drug-likeness (QED) is 0.359. The van der Waals surface area contributed by atoms with Crippen molar-refractivity contribution in [3.63, 3.8) is 0 Å². The summed E-state index contributed by atoms with van der Waals surface area (Å²) in [6.07, 6.45) is 1.83. The molecule has 0 radical (unpaired) electrons. The monoisotopic (exact) mass is 555 g/mol. The lowest BCUT2D eigenvalue weighted by Gasteiger charge is -2.24. The molecular formula is C31H29N3O5S. The summed E-state index contributed by atoms with van der Waals surface area (Å²) in [5.74, 6) is -1.48. The number of ether oxygens (including phenoxy) is 1. The number of fused-ring (bicyclic) bond motifs is 1. The first-order valence-electron chi connectivity index (χ1n) is 12.9. The zero-order chi connectivity index (χ0) is 28.7. The van der Waals surface area contributed by atoms with Gasteiger partial charge < -0.3 is 14.4 Å². The van der Waals surface area contributed by atoms with Gasteiger partial charge in [-0.3, -0.25) is 9.36 Å². The number of carboxylic acids is 1. The summed E-state index contributed by atoms with van der Waals surface area (Å²) in [7, 11) is 0. The Bertz CT molecular complexity index is 1870. The van der Waals surface area contributed by atoms with E-state index in [0.717, 1.165) is 33.8 Å². The van der Waals surface area contributed by atoms with Crippen molar-refractivity contribution in [3.05, 3.63) is 119 Å². The zero-order valence-corrected chi connectivity index (χ0v) is 23.7.